The summed E-state index contributed by atoms with van der Waals surface area (Å²) in [4.78, 5) is 0. The Bertz CT molecular complexity index is 820. The standard InChI is InChI=1S/C25H29NO4/c1-2-13-27-17-25(19-29-20-25)18-28-14-3-4-15-30-24-11-9-23(10-12-24)22-7-5-21(16-26)6-8-22/h2,5-12H,1,3-4,13-15,17-20H2. The molecule has 2 aromatic rings. The highest BCUT2D eigenvalue weighted by molar-refractivity contribution is 5.64. The molecular formula is C25H29NO4. The van der Waals surface area contributed by atoms with Crippen LogP contribution in [-0.4, -0.2) is 46.2 Å². The van der Waals surface area contributed by atoms with Gasteiger partial charge in [-0.1, -0.05) is 30.3 Å². The third-order valence-corrected chi connectivity index (χ3v) is 5.02. The number of hydrogen-bond acceptors (Lipinski definition) is 5. The predicted molar refractivity (Wildman–Crippen MR) is 116 cm³/mol. The summed E-state index contributed by atoms with van der Waals surface area (Å²) in [6, 6.07) is 17.7. The normalized spacial score (nSPS) is 14.5. The van der Waals surface area contributed by atoms with Crippen LogP contribution in [0.25, 0.3) is 11.1 Å². The Morgan fingerprint density at radius 1 is 0.933 bits per heavy atom. The molecule has 0 aliphatic carbocycles. The molecule has 0 unspecified atom stereocenters. The first kappa shape index (κ1) is 22.0. The molecule has 1 saturated heterocycles. The van der Waals surface area contributed by atoms with E-state index in [1.54, 1.807) is 6.08 Å². The van der Waals surface area contributed by atoms with E-state index in [1.807, 2.05) is 48.5 Å². The van der Waals surface area contributed by atoms with E-state index in [-0.39, 0.29) is 5.41 Å². The molecule has 1 heterocycles. The van der Waals surface area contributed by atoms with Crippen molar-refractivity contribution in [3.8, 4) is 22.9 Å². The van der Waals surface area contributed by atoms with Gasteiger partial charge in [0.15, 0.2) is 0 Å². The molecule has 2 aromatic carbocycles. The van der Waals surface area contributed by atoms with Crippen LogP contribution in [-0.2, 0) is 14.2 Å². The van der Waals surface area contributed by atoms with Gasteiger partial charge in [-0.05, 0) is 48.2 Å². The zero-order chi connectivity index (χ0) is 21.1. The van der Waals surface area contributed by atoms with Crippen LogP contribution in [0.1, 0.15) is 18.4 Å². The van der Waals surface area contributed by atoms with Crippen LogP contribution in [0.15, 0.2) is 61.2 Å². The van der Waals surface area contributed by atoms with Crippen LogP contribution in [0.4, 0.5) is 0 Å². The Hall–Kier alpha value is -2.65. The Morgan fingerprint density at radius 3 is 2.17 bits per heavy atom. The van der Waals surface area contributed by atoms with Crippen molar-refractivity contribution in [3.63, 3.8) is 0 Å². The lowest BCUT2D eigenvalue weighted by atomic mass is 9.88. The lowest BCUT2D eigenvalue weighted by Gasteiger charge is -2.40. The van der Waals surface area contributed by atoms with E-state index in [9.17, 15) is 0 Å². The summed E-state index contributed by atoms with van der Waals surface area (Å²) >= 11 is 0. The van der Waals surface area contributed by atoms with Gasteiger partial charge >= 0.3 is 0 Å². The lowest BCUT2D eigenvalue weighted by molar-refractivity contribution is -0.176. The number of nitrogens with zero attached hydrogens (tertiary/aromatic N) is 1. The van der Waals surface area contributed by atoms with Gasteiger partial charge in [0.2, 0.25) is 0 Å². The van der Waals surface area contributed by atoms with Gasteiger partial charge in [-0.3, -0.25) is 0 Å². The van der Waals surface area contributed by atoms with Crippen LogP contribution in [0.2, 0.25) is 0 Å². The summed E-state index contributed by atoms with van der Waals surface area (Å²) in [5.74, 6) is 0.859. The van der Waals surface area contributed by atoms with Crippen molar-refractivity contribution in [2.45, 2.75) is 12.8 Å². The SMILES string of the molecule is C=CCOCC1(COCCCCOc2ccc(-c3ccc(C#N)cc3)cc2)COC1. The molecule has 1 aliphatic heterocycles. The monoisotopic (exact) mass is 407 g/mol. The van der Waals surface area contributed by atoms with Gasteiger partial charge in [0.25, 0.3) is 0 Å². The van der Waals surface area contributed by atoms with E-state index in [2.05, 4.69) is 12.6 Å². The molecule has 0 atom stereocenters. The van der Waals surface area contributed by atoms with Crippen molar-refractivity contribution in [2.24, 2.45) is 5.41 Å². The summed E-state index contributed by atoms with van der Waals surface area (Å²) in [7, 11) is 0. The van der Waals surface area contributed by atoms with Gasteiger partial charge in [-0.15, -0.1) is 6.58 Å². The van der Waals surface area contributed by atoms with Crippen molar-refractivity contribution in [1.29, 1.82) is 5.26 Å². The molecule has 30 heavy (non-hydrogen) atoms. The maximum absolute atomic E-state index is 8.89. The zero-order valence-electron chi connectivity index (χ0n) is 17.3. The van der Waals surface area contributed by atoms with Crippen LogP contribution in [0.3, 0.4) is 0 Å². The van der Waals surface area contributed by atoms with Crippen LogP contribution >= 0.6 is 0 Å². The number of rotatable bonds is 13. The summed E-state index contributed by atoms with van der Waals surface area (Å²) < 4.78 is 22.6. The Kier molecular flexibility index (Phi) is 8.46. The first-order valence-corrected chi connectivity index (χ1v) is 10.3. The molecule has 0 radical (unpaired) electrons. The number of benzene rings is 2. The average Bonchev–Trinajstić information content (AvgIpc) is 2.76. The van der Waals surface area contributed by atoms with Gasteiger partial charge in [-0.2, -0.15) is 5.26 Å². The van der Waals surface area contributed by atoms with E-state index in [0.29, 0.717) is 51.8 Å². The molecular weight excluding hydrogens is 378 g/mol. The van der Waals surface area contributed by atoms with Gasteiger partial charge in [0.1, 0.15) is 5.75 Å². The van der Waals surface area contributed by atoms with E-state index in [1.165, 1.54) is 0 Å². The van der Waals surface area contributed by atoms with Crippen molar-refractivity contribution in [1.82, 2.24) is 0 Å². The summed E-state index contributed by atoms with van der Waals surface area (Å²) in [5.41, 5.74) is 2.87. The molecule has 1 fully saturated rings. The predicted octanol–water partition coefficient (Wildman–Crippen LogP) is 4.62. The summed E-state index contributed by atoms with van der Waals surface area (Å²) in [5, 5.41) is 8.89. The summed E-state index contributed by atoms with van der Waals surface area (Å²) in [6.07, 6.45) is 3.65. The van der Waals surface area contributed by atoms with E-state index in [0.717, 1.165) is 29.7 Å². The largest absolute Gasteiger partial charge is 0.494 e. The third-order valence-electron chi connectivity index (χ3n) is 5.02. The van der Waals surface area contributed by atoms with E-state index < -0.39 is 0 Å². The van der Waals surface area contributed by atoms with Gasteiger partial charge in [0.05, 0.1) is 56.7 Å². The van der Waals surface area contributed by atoms with Crippen molar-refractivity contribution >= 4 is 0 Å². The van der Waals surface area contributed by atoms with Crippen molar-refractivity contribution in [2.75, 3.05) is 46.2 Å². The Morgan fingerprint density at radius 2 is 1.57 bits per heavy atom. The smallest absolute Gasteiger partial charge is 0.119 e. The van der Waals surface area contributed by atoms with Crippen molar-refractivity contribution < 1.29 is 18.9 Å². The summed E-state index contributed by atoms with van der Waals surface area (Å²) in [6.45, 7) is 8.33. The molecule has 5 heteroatoms. The average molecular weight is 408 g/mol. The third kappa shape index (κ3) is 6.43. The molecule has 0 bridgehead atoms. The maximum Gasteiger partial charge on any atom is 0.119 e. The van der Waals surface area contributed by atoms with Crippen molar-refractivity contribution in [3.05, 3.63) is 66.7 Å². The molecule has 0 saturated carbocycles. The minimum absolute atomic E-state index is 0.0101. The minimum atomic E-state index is 0.0101. The zero-order valence-corrected chi connectivity index (χ0v) is 17.3. The fraction of sp³-hybridized carbons (Fsp3) is 0.400. The van der Waals surface area contributed by atoms with Gasteiger partial charge in [0, 0.05) is 6.61 Å². The first-order chi connectivity index (χ1) is 14.7. The second kappa shape index (κ2) is 11.5. The maximum atomic E-state index is 8.89. The molecule has 0 aromatic heterocycles. The van der Waals surface area contributed by atoms with Crippen LogP contribution in [0, 0.1) is 16.7 Å². The highest BCUT2D eigenvalue weighted by Crippen LogP contribution is 2.28. The quantitative estimate of drug-likeness (QED) is 0.358. The molecule has 0 spiro atoms. The highest BCUT2D eigenvalue weighted by atomic mass is 16.5. The topological polar surface area (TPSA) is 60.7 Å². The van der Waals surface area contributed by atoms with Gasteiger partial charge in [-0.25, -0.2) is 0 Å². The fourth-order valence-electron chi connectivity index (χ4n) is 3.22. The molecule has 3 rings (SSSR count). The minimum Gasteiger partial charge on any atom is -0.494 e. The van der Waals surface area contributed by atoms with Crippen LogP contribution < -0.4 is 4.74 Å². The molecule has 0 N–H and O–H groups in total. The molecule has 1 aliphatic rings. The number of nitriles is 1. The Labute approximate surface area is 178 Å². The van der Waals surface area contributed by atoms with E-state index >= 15 is 0 Å². The Balaban J connectivity index is 1.30. The number of hydrogen-bond donors (Lipinski definition) is 0. The lowest BCUT2D eigenvalue weighted by Crippen LogP contribution is -2.49. The first-order valence-electron chi connectivity index (χ1n) is 10.3. The van der Waals surface area contributed by atoms with Crippen LogP contribution in [0.5, 0.6) is 5.75 Å². The molecule has 158 valence electrons. The number of ether oxygens (including phenoxy) is 4. The van der Waals surface area contributed by atoms with Gasteiger partial charge < -0.3 is 18.9 Å². The van der Waals surface area contributed by atoms with E-state index in [4.69, 9.17) is 24.2 Å². The second-order valence-electron chi connectivity index (χ2n) is 7.62. The molecule has 0 amide bonds. The second-order valence-corrected chi connectivity index (χ2v) is 7.62. The fourth-order valence-corrected chi connectivity index (χ4v) is 3.22. The molecule has 5 nitrogen and oxygen atoms in total. The highest BCUT2D eigenvalue weighted by Gasteiger charge is 2.39. The number of unbranched alkanes of at least 4 members (excludes halogenated alkanes) is 1.